The number of Topliss-reactive ketones (excluding diaryl/α,β-unsaturated/α-hetero) is 1. The van der Waals surface area contributed by atoms with Crippen molar-refractivity contribution < 1.29 is 13.6 Å². The van der Waals surface area contributed by atoms with Crippen molar-refractivity contribution >= 4 is 26.1 Å². The second-order valence-corrected chi connectivity index (χ2v) is 17.5. The summed E-state index contributed by atoms with van der Waals surface area (Å²) in [6.07, 6.45) is 9.02. The molecule has 0 N–H and O–H groups in total. The predicted molar refractivity (Wildman–Crippen MR) is 141 cm³/mol. The molecule has 0 aromatic carbocycles. The second kappa shape index (κ2) is 12.2. The summed E-state index contributed by atoms with van der Waals surface area (Å²) in [6, 6.07) is 0.656. The highest BCUT2D eigenvalue weighted by atomic mass is 32.2. The molecule has 3 rings (SSSR count). The molecule has 0 amide bonds. The Morgan fingerprint density at radius 3 is 2.34 bits per heavy atom. The molecule has 3 aliphatic heterocycles. The zero-order valence-electron chi connectivity index (χ0n) is 22.3. The highest BCUT2D eigenvalue weighted by Gasteiger charge is 2.46. The molecule has 4 nitrogen and oxygen atoms in total. The number of rotatable bonds is 14. The quantitative estimate of drug-likeness (QED) is 0.206. The summed E-state index contributed by atoms with van der Waals surface area (Å²) in [5.74, 6) is 4.73. The minimum atomic E-state index is -2.10. The minimum absolute atomic E-state index is 0.122. The number of nitrogens with zero attached hydrogens (tertiary/aromatic N) is 1. The van der Waals surface area contributed by atoms with E-state index < -0.39 is 8.56 Å². The smallest absolute Gasteiger partial charge is 0.340 e. The summed E-state index contributed by atoms with van der Waals surface area (Å²) in [7, 11) is 1.50. The molecule has 0 aromatic heterocycles. The normalized spacial score (nSPS) is 26.5. The van der Waals surface area contributed by atoms with Gasteiger partial charge in [-0.05, 0) is 80.4 Å². The van der Waals surface area contributed by atoms with Crippen LogP contribution in [0.1, 0.15) is 86.0 Å². The lowest BCUT2D eigenvalue weighted by atomic mass is 9.73. The van der Waals surface area contributed by atoms with Crippen LogP contribution in [0.3, 0.4) is 0 Å². The molecule has 2 bridgehead atoms. The van der Waals surface area contributed by atoms with Gasteiger partial charge in [0.15, 0.2) is 0 Å². The maximum absolute atomic E-state index is 12.3. The van der Waals surface area contributed by atoms with E-state index in [1.165, 1.54) is 56.7 Å². The molecular weight excluding hydrogens is 434 g/mol. The summed E-state index contributed by atoms with van der Waals surface area (Å²) in [5, 5.41) is 0.135. The van der Waals surface area contributed by atoms with Gasteiger partial charge in [0.05, 0.1) is 0 Å². The summed E-state index contributed by atoms with van der Waals surface area (Å²) in [5.41, 5.74) is 0.122. The molecule has 0 radical (unpaired) electrons. The number of piperidine rings is 3. The molecule has 188 valence electrons. The van der Waals surface area contributed by atoms with Gasteiger partial charge in [0.1, 0.15) is 5.78 Å². The van der Waals surface area contributed by atoms with Crippen molar-refractivity contribution in [2.24, 2.45) is 17.3 Å². The van der Waals surface area contributed by atoms with Gasteiger partial charge in [-0.15, -0.1) is 0 Å². The number of carbonyl (C=O) groups is 1. The van der Waals surface area contributed by atoms with Gasteiger partial charge in [-0.25, -0.2) is 0 Å². The first-order valence-electron chi connectivity index (χ1n) is 12.8. The van der Waals surface area contributed by atoms with Gasteiger partial charge < -0.3 is 13.8 Å². The van der Waals surface area contributed by atoms with E-state index in [0.29, 0.717) is 11.8 Å². The van der Waals surface area contributed by atoms with Gasteiger partial charge in [-0.1, -0.05) is 34.6 Å². The van der Waals surface area contributed by atoms with E-state index in [1.54, 1.807) is 14.2 Å². The van der Waals surface area contributed by atoms with Crippen LogP contribution in [-0.2, 0) is 13.6 Å². The SMILES string of the molecule is CO[Si](C)(OC)C(C)(C)CCCSCCC1CN2CCC1C[C@H]2CCC(=O)CC(C)(C)C. The van der Waals surface area contributed by atoms with Crippen LogP contribution in [0.5, 0.6) is 0 Å². The zero-order valence-corrected chi connectivity index (χ0v) is 24.1. The monoisotopic (exact) mass is 485 g/mol. The van der Waals surface area contributed by atoms with Crippen molar-refractivity contribution in [3.05, 3.63) is 0 Å². The van der Waals surface area contributed by atoms with Crippen LogP contribution in [0.2, 0.25) is 11.6 Å². The lowest BCUT2D eigenvalue weighted by Crippen LogP contribution is -2.53. The Hall–Kier alpha value is 0.117. The Labute approximate surface area is 204 Å². The fourth-order valence-electron chi connectivity index (χ4n) is 5.70. The molecular formula is C26H51NO3SSi. The molecule has 6 heteroatoms. The summed E-state index contributed by atoms with van der Waals surface area (Å²) in [4.78, 5) is 15.0. The third-order valence-corrected chi connectivity index (χ3v) is 13.6. The Morgan fingerprint density at radius 2 is 1.78 bits per heavy atom. The van der Waals surface area contributed by atoms with E-state index in [2.05, 4.69) is 57.8 Å². The van der Waals surface area contributed by atoms with Crippen LogP contribution in [0.15, 0.2) is 0 Å². The molecule has 4 atom stereocenters. The van der Waals surface area contributed by atoms with E-state index in [-0.39, 0.29) is 10.5 Å². The van der Waals surface area contributed by atoms with Gasteiger partial charge in [0.2, 0.25) is 0 Å². The van der Waals surface area contributed by atoms with Crippen molar-refractivity contribution in [2.45, 2.75) is 104 Å². The molecule has 3 heterocycles. The molecule has 0 spiro atoms. The minimum Gasteiger partial charge on any atom is -0.397 e. The van der Waals surface area contributed by atoms with Crippen molar-refractivity contribution in [1.29, 1.82) is 0 Å². The third-order valence-electron chi connectivity index (χ3n) is 8.23. The lowest BCUT2D eigenvalue weighted by Gasteiger charge is -2.50. The molecule has 3 fully saturated rings. The second-order valence-electron chi connectivity index (χ2n) is 12.3. The van der Waals surface area contributed by atoms with Crippen LogP contribution in [-0.4, -0.2) is 64.1 Å². The molecule has 32 heavy (non-hydrogen) atoms. The highest BCUT2D eigenvalue weighted by molar-refractivity contribution is 7.99. The maximum Gasteiger partial charge on any atom is 0.340 e. The van der Waals surface area contributed by atoms with Crippen molar-refractivity contribution in [1.82, 2.24) is 4.90 Å². The Bertz CT molecular complexity index is 588. The molecule has 3 aliphatic rings. The molecule has 3 saturated heterocycles. The summed E-state index contributed by atoms with van der Waals surface area (Å²) in [6.45, 7) is 15.8. The van der Waals surface area contributed by atoms with Crippen LogP contribution in [0.25, 0.3) is 0 Å². The molecule has 0 aromatic rings. The Morgan fingerprint density at radius 1 is 1.09 bits per heavy atom. The lowest BCUT2D eigenvalue weighted by molar-refractivity contribution is -0.121. The van der Waals surface area contributed by atoms with E-state index in [0.717, 1.165) is 31.1 Å². The van der Waals surface area contributed by atoms with Gasteiger partial charge >= 0.3 is 8.56 Å². The number of fused-ring (bicyclic) bond motifs is 3. The van der Waals surface area contributed by atoms with Crippen LogP contribution in [0.4, 0.5) is 0 Å². The van der Waals surface area contributed by atoms with Gasteiger partial charge in [-0.3, -0.25) is 4.79 Å². The van der Waals surface area contributed by atoms with Crippen LogP contribution in [0, 0.1) is 17.3 Å². The Kier molecular flexibility index (Phi) is 10.8. The van der Waals surface area contributed by atoms with Crippen LogP contribution >= 0.6 is 11.8 Å². The maximum atomic E-state index is 12.3. The first kappa shape index (κ1) is 28.4. The van der Waals surface area contributed by atoms with Crippen molar-refractivity contribution in [3.8, 4) is 0 Å². The fraction of sp³-hybridized carbons (Fsp3) is 0.962. The fourth-order valence-corrected chi connectivity index (χ4v) is 8.62. The largest absolute Gasteiger partial charge is 0.397 e. The number of ketones is 1. The number of carbonyl (C=O) groups excluding carboxylic acids is 1. The molecule has 0 aliphatic carbocycles. The number of thioether (sulfide) groups is 1. The van der Waals surface area contributed by atoms with E-state index in [9.17, 15) is 4.79 Å². The zero-order chi connectivity index (χ0) is 24.0. The third kappa shape index (κ3) is 8.11. The van der Waals surface area contributed by atoms with Gasteiger partial charge in [0.25, 0.3) is 0 Å². The topological polar surface area (TPSA) is 38.8 Å². The predicted octanol–water partition coefficient (Wildman–Crippen LogP) is 6.53. The summed E-state index contributed by atoms with van der Waals surface area (Å²) < 4.78 is 11.6. The van der Waals surface area contributed by atoms with Gasteiger partial charge in [0, 0.05) is 44.7 Å². The average Bonchev–Trinajstić information content (AvgIpc) is 2.73. The molecule has 3 unspecified atom stereocenters. The van der Waals surface area contributed by atoms with Gasteiger partial charge in [-0.2, -0.15) is 11.8 Å². The van der Waals surface area contributed by atoms with E-state index >= 15 is 0 Å². The molecule has 0 saturated carbocycles. The number of hydrogen-bond donors (Lipinski definition) is 0. The van der Waals surface area contributed by atoms with E-state index in [4.69, 9.17) is 8.85 Å². The first-order valence-corrected chi connectivity index (χ1v) is 16.3. The van der Waals surface area contributed by atoms with E-state index in [1.807, 2.05) is 0 Å². The average molecular weight is 486 g/mol. The standard InChI is InChI=1S/C26H51NO3SSi/c1-25(2,3)19-24(28)11-10-23-18-21-12-15-27(23)20-22(21)13-17-31-16-9-14-26(4,5)32(8,29-6)30-7/h21-23H,9-20H2,1-8H3/t21?,22?,23-/m1/s1. The summed E-state index contributed by atoms with van der Waals surface area (Å²) >= 11 is 2.13. The van der Waals surface area contributed by atoms with Crippen molar-refractivity contribution in [2.75, 3.05) is 38.8 Å². The van der Waals surface area contributed by atoms with Crippen molar-refractivity contribution in [3.63, 3.8) is 0 Å². The van der Waals surface area contributed by atoms with Crippen LogP contribution < -0.4 is 0 Å². The first-order chi connectivity index (χ1) is 14.9. The highest BCUT2D eigenvalue weighted by Crippen LogP contribution is 2.43. The number of hydrogen-bond acceptors (Lipinski definition) is 5. The Balaban J connectivity index is 1.64.